The van der Waals surface area contributed by atoms with Gasteiger partial charge in [0.2, 0.25) is 0 Å². The first-order valence-corrected chi connectivity index (χ1v) is 11.7. The van der Waals surface area contributed by atoms with Gasteiger partial charge in [-0.25, -0.2) is 4.79 Å². The number of aryl methyl sites for hydroxylation is 2. The number of nitrogens with one attached hydrogen (secondary N) is 1. The summed E-state index contributed by atoms with van der Waals surface area (Å²) in [6.07, 6.45) is 4.66. The van der Waals surface area contributed by atoms with Gasteiger partial charge in [0, 0.05) is 23.6 Å². The van der Waals surface area contributed by atoms with E-state index in [-0.39, 0.29) is 11.8 Å². The highest BCUT2D eigenvalue weighted by Crippen LogP contribution is 2.40. The number of nitro groups is 1. The highest BCUT2D eigenvalue weighted by molar-refractivity contribution is 6.37. The van der Waals surface area contributed by atoms with Crippen LogP contribution in [0.3, 0.4) is 0 Å². The fraction of sp³-hybridized carbons (Fsp3) is 0.400. The number of esters is 1. The fourth-order valence-corrected chi connectivity index (χ4v) is 4.59. The van der Waals surface area contributed by atoms with Crippen molar-refractivity contribution >= 4 is 34.2 Å². The van der Waals surface area contributed by atoms with E-state index in [0.29, 0.717) is 52.9 Å². The lowest BCUT2D eigenvalue weighted by Crippen LogP contribution is -2.25. The smallest absolute Gasteiger partial charge is 0.338 e. The molecular weight excluding hydrogens is 444 g/mol. The zero-order valence-electron chi connectivity index (χ0n) is 18.8. The summed E-state index contributed by atoms with van der Waals surface area (Å²) in [5.74, 6) is 0.337. The van der Waals surface area contributed by atoms with Gasteiger partial charge in [0.25, 0.3) is 5.69 Å². The molecule has 3 aromatic rings. The molecule has 8 heteroatoms. The minimum atomic E-state index is -0.400. The number of nitro benzene ring substituents is 1. The van der Waals surface area contributed by atoms with Crippen LogP contribution in [0, 0.1) is 17.0 Å². The Morgan fingerprint density at radius 2 is 2.03 bits per heavy atom. The molecule has 0 fully saturated rings. The van der Waals surface area contributed by atoms with Crippen molar-refractivity contribution in [3.05, 3.63) is 67.9 Å². The summed E-state index contributed by atoms with van der Waals surface area (Å²) >= 11 is 6.54. The van der Waals surface area contributed by atoms with E-state index in [2.05, 4.69) is 11.9 Å². The van der Waals surface area contributed by atoms with Crippen LogP contribution in [-0.2, 0) is 17.6 Å². The van der Waals surface area contributed by atoms with Crippen LogP contribution in [0.25, 0.3) is 10.9 Å². The molecule has 1 N–H and O–H groups in total. The van der Waals surface area contributed by atoms with Gasteiger partial charge in [-0.05, 0) is 61.6 Å². The Labute approximate surface area is 197 Å². The molecule has 0 radical (unpaired) electrons. The lowest BCUT2D eigenvalue weighted by atomic mass is 9.92. The lowest BCUT2D eigenvalue weighted by molar-refractivity contribution is -0.383. The van der Waals surface area contributed by atoms with Crippen molar-refractivity contribution in [1.82, 2.24) is 4.98 Å². The van der Waals surface area contributed by atoms with Crippen LogP contribution in [0.4, 0.5) is 5.69 Å². The number of benzene rings is 2. The van der Waals surface area contributed by atoms with Crippen LogP contribution in [0.2, 0.25) is 5.02 Å². The third-order valence-corrected chi connectivity index (χ3v) is 6.58. The molecule has 0 spiro atoms. The van der Waals surface area contributed by atoms with E-state index in [0.717, 1.165) is 36.3 Å². The van der Waals surface area contributed by atoms with E-state index >= 15 is 0 Å². The zero-order chi connectivity index (χ0) is 23.5. The average Bonchev–Trinajstić information content (AvgIpc) is 3.18. The third-order valence-electron chi connectivity index (χ3n) is 6.09. The molecule has 174 valence electrons. The van der Waals surface area contributed by atoms with Crippen molar-refractivity contribution in [2.45, 2.75) is 58.5 Å². The molecule has 0 bridgehead atoms. The van der Waals surface area contributed by atoms with Crippen molar-refractivity contribution in [1.29, 1.82) is 0 Å². The third kappa shape index (κ3) is 4.83. The maximum absolute atomic E-state index is 12.7. The second-order valence-corrected chi connectivity index (χ2v) is 8.84. The van der Waals surface area contributed by atoms with Crippen molar-refractivity contribution in [3.63, 3.8) is 0 Å². The fourth-order valence-electron chi connectivity index (χ4n) is 4.33. The first-order valence-electron chi connectivity index (χ1n) is 11.3. The van der Waals surface area contributed by atoms with E-state index in [1.165, 1.54) is 6.07 Å². The number of nitrogens with zero attached hydrogens (tertiary/aromatic N) is 1. The number of carbonyl (C=O) groups is 1. The molecule has 1 unspecified atom stereocenters. The number of halogens is 1. The van der Waals surface area contributed by atoms with E-state index in [1.54, 1.807) is 31.2 Å². The van der Waals surface area contributed by atoms with Crippen molar-refractivity contribution in [3.8, 4) is 5.75 Å². The predicted molar refractivity (Wildman–Crippen MR) is 127 cm³/mol. The molecule has 4 rings (SSSR count). The molecule has 0 saturated carbocycles. The monoisotopic (exact) mass is 470 g/mol. The summed E-state index contributed by atoms with van der Waals surface area (Å²) in [5.41, 5.74) is 3.35. The topological polar surface area (TPSA) is 94.5 Å². The number of aromatic amines is 1. The minimum absolute atomic E-state index is 0.00634. The predicted octanol–water partition coefficient (Wildman–Crippen LogP) is 6.32. The van der Waals surface area contributed by atoms with Crippen molar-refractivity contribution in [2.24, 2.45) is 0 Å². The Bertz CT molecular complexity index is 1190. The molecule has 0 aliphatic heterocycles. The van der Waals surface area contributed by atoms with Gasteiger partial charge in [-0.15, -0.1) is 0 Å². The largest absolute Gasteiger partial charge is 0.494 e. The van der Waals surface area contributed by atoms with Crippen molar-refractivity contribution in [2.75, 3.05) is 6.61 Å². The standard InChI is InChI=1S/C25H27ClN2O5/c1-3-4-5-12-32-17-8-6-16(7-9-17)25(29)33-18-10-11-20-19(14-18)22-23(26)15(2)13-21(28(30)31)24(22)27-20/h6-9,13,18,27H,3-5,10-12,14H2,1-2H3. The second-order valence-electron chi connectivity index (χ2n) is 8.47. The molecule has 1 atom stereocenters. The first kappa shape index (κ1) is 23.1. The highest BCUT2D eigenvalue weighted by Gasteiger charge is 2.30. The highest BCUT2D eigenvalue weighted by atomic mass is 35.5. The Hall–Kier alpha value is -3.06. The summed E-state index contributed by atoms with van der Waals surface area (Å²) < 4.78 is 11.5. The second kappa shape index (κ2) is 9.83. The van der Waals surface area contributed by atoms with Crippen LogP contribution in [-0.4, -0.2) is 28.6 Å². The van der Waals surface area contributed by atoms with E-state index in [9.17, 15) is 14.9 Å². The molecule has 1 aliphatic carbocycles. The Morgan fingerprint density at radius 1 is 1.27 bits per heavy atom. The van der Waals surface area contributed by atoms with Crippen LogP contribution in [0.5, 0.6) is 5.75 Å². The zero-order valence-corrected chi connectivity index (χ0v) is 19.5. The maximum atomic E-state index is 12.7. The average molecular weight is 471 g/mol. The number of unbranched alkanes of at least 4 members (excludes halogenated alkanes) is 2. The van der Waals surface area contributed by atoms with Gasteiger partial charge in [0.15, 0.2) is 0 Å². The van der Waals surface area contributed by atoms with E-state index in [1.807, 2.05) is 0 Å². The summed E-state index contributed by atoms with van der Waals surface area (Å²) in [5, 5.41) is 12.7. The van der Waals surface area contributed by atoms with Gasteiger partial charge >= 0.3 is 5.97 Å². The molecule has 1 aliphatic rings. The number of rotatable bonds is 8. The lowest BCUT2D eigenvalue weighted by Gasteiger charge is -2.23. The van der Waals surface area contributed by atoms with Crippen LogP contribution < -0.4 is 4.74 Å². The first-order chi connectivity index (χ1) is 15.9. The Kier molecular flexibility index (Phi) is 6.88. The van der Waals surface area contributed by atoms with Crippen LogP contribution in [0.1, 0.15) is 59.8 Å². The number of fused-ring (bicyclic) bond motifs is 3. The Morgan fingerprint density at radius 3 is 2.73 bits per heavy atom. The molecule has 2 aromatic carbocycles. The van der Waals surface area contributed by atoms with E-state index < -0.39 is 10.9 Å². The molecule has 1 heterocycles. The summed E-state index contributed by atoms with van der Waals surface area (Å²) in [6.45, 7) is 4.56. The molecule has 33 heavy (non-hydrogen) atoms. The van der Waals surface area contributed by atoms with Gasteiger partial charge in [0.05, 0.1) is 22.1 Å². The van der Waals surface area contributed by atoms with Crippen LogP contribution in [0.15, 0.2) is 30.3 Å². The molecule has 1 aromatic heterocycles. The van der Waals surface area contributed by atoms with Gasteiger partial charge in [0.1, 0.15) is 17.4 Å². The summed E-state index contributed by atoms with van der Waals surface area (Å²) in [6, 6.07) is 8.47. The van der Waals surface area contributed by atoms with Gasteiger partial charge in [-0.1, -0.05) is 31.4 Å². The maximum Gasteiger partial charge on any atom is 0.338 e. The normalized spacial score (nSPS) is 15.3. The van der Waals surface area contributed by atoms with Gasteiger partial charge in [-0.3, -0.25) is 10.1 Å². The number of hydrogen-bond acceptors (Lipinski definition) is 5. The number of hydrogen-bond donors (Lipinski definition) is 1. The summed E-state index contributed by atoms with van der Waals surface area (Å²) in [4.78, 5) is 27.0. The molecule has 7 nitrogen and oxygen atoms in total. The number of ether oxygens (including phenoxy) is 2. The van der Waals surface area contributed by atoms with E-state index in [4.69, 9.17) is 21.1 Å². The Balaban J connectivity index is 1.47. The number of aromatic nitrogens is 1. The molecular formula is C25H27ClN2O5. The minimum Gasteiger partial charge on any atom is -0.494 e. The van der Waals surface area contributed by atoms with Crippen molar-refractivity contribution < 1.29 is 19.2 Å². The number of carbonyl (C=O) groups excluding carboxylic acids is 1. The van der Waals surface area contributed by atoms with Gasteiger partial charge in [-0.2, -0.15) is 0 Å². The number of non-ortho nitro benzene ring substituents is 1. The van der Waals surface area contributed by atoms with Gasteiger partial charge < -0.3 is 14.5 Å². The van der Waals surface area contributed by atoms with Crippen LogP contribution >= 0.6 is 11.6 Å². The number of H-pyrrole nitrogens is 1. The SMILES string of the molecule is CCCCCOc1ccc(C(=O)OC2CCc3[nH]c4c([N+](=O)[O-])cc(C)c(Cl)c4c3C2)cc1. The quantitative estimate of drug-likeness (QED) is 0.180. The molecule has 0 amide bonds. The molecule has 0 saturated heterocycles. The summed E-state index contributed by atoms with van der Waals surface area (Å²) in [7, 11) is 0.